The molecule has 0 aliphatic carbocycles. The Morgan fingerprint density at radius 3 is 1.55 bits per heavy atom. The maximum atomic E-state index is 12.8. The Morgan fingerprint density at radius 2 is 1.08 bits per heavy atom. The van der Waals surface area contributed by atoms with Gasteiger partial charge < -0.3 is 46.6 Å². The van der Waals surface area contributed by atoms with Gasteiger partial charge in [0.1, 0.15) is 0 Å². The van der Waals surface area contributed by atoms with E-state index in [2.05, 4.69) is 10.6 Å². The zero-order chi connectivity index (χ0) is 37.8. The van der Waals surface area contributed by atoms with Crippen LogP contribution in [0.4, 0.5) is 0 Å². The second-order valence-electron chi connectivity index (χ2n) is 13.2. The molecule has 2 saturated heterocycles. The van der Waals surface area contributed by atoms with E-state index in [1.807, 2.05) is 4.90 Å². The number of hydrogen-bond donors (Lipinski definition) is 8. The van der Waals surface area contributed by atoms with Crippen LogP contribution in [-0.2, 0) is 28.8 Å². The summed E-state index contributed by atoms with van der Waals surface area (Å²) in [6.45, 7) is 2.85. The Kier molecular flexibility index (Phi) is 20.6. The van der Waals surface area contributed by atoms with Crippen molar-refractivity contribution in [1.29, 1.82) is 0 Å². The number of carbonyl (C=O) groups excluding carboxylic acids is 3. The summed E-state index contributed by atoms with van der Waals surface area (Å²) in [6.07, 6.45) is 4.48. The molecule has 0 aromatic heterocycles. The molecule has 2 heterocycles. The minimum Gasteiger partial charge on any atom is -0.480 e. The molecular formula is C31H57BN8O11. The standard InChI is InChI=1S/C31H57BN8O11/c33-24(31(49)40-11-5-7-25(40)32(50)51)6-2-1-3-9-34-26(41)8-4-10-35-27(42)20-36-12-14-37(21-28(43)44)16-18-39(23-30(47)48)19-17-38(15-13-36)22-29(45)46/h24-25,50-51H,1-23,33H2,(H,34,41)(H,35,42)(H,43,44)(H,45,46)(H,47,48)/t24-,25-/m0/s1. The second-order valence-corrected chi connectivity index (χ2v) is 13.2. The first-order valence-corrected chi connectivity index (χ1v) is 17.8. The molecule has 9 N–H and O–H groups in total. The number of hydrogen-bond acceptors (Lipinski definition) is 13. The number of carboxylic acid groups (broad SMARTS) is 3. The highest BCUT2D eigenvalue weighted by atomic mass is 16.4. The minimum atomic E-state index is -1.58. The number of carboxylic acids is 3. The van der Waals surface area contributed by atoms with Crippen LogP contribution in [0.1, 0.15) is 51.4 Å². The summed E-state index contributed by atoms with van der Waals surface area (Å²) in [7, 11) is -1.58. The monoisotopic (exact) mass is 728 g/mol. The topological polar surface area (TPSA) is 270 Å². The Bertz CT molecular complexity index is 1110. The number of unbranched alkanes of at least 4 members (excludes halogenated alkanes) is 2. The molecule has 2 atom stereocenters. The van der Waals surface area contributed by atoms with Crippen LogP contribution in [0.15, 0.2) is 0 Å². The van der Waals surface area contributed by atoms with Crippen LogP contribution in [0, 0.1) is 0 Å². The van der Waals surface area contributed by atoms with Gasteiger partial charge in [-0.1, -0.05) is 12.8 Å². The van der Waals surface area contributed by atoms with E-state index in [0.717, 1.165) is 6.42 Å². The molecule has 0 saturated carbocycles. The van der Waals surface area contributed by atoms with Gasteiger partial charge in [0.25, 0.3) is 0 Å². The number of nitrogens with one attached hydrogen (secondary N) is 2. The van der Waals surface area contributed by atoms with Crippen molar-refractivity contribution in [2.45, 2.75) is 63.3 Å². The highest BCUT2D eigenvalue weighted by Gasteiger charge is 2.38. The zero-order valence-electron chi connectivity index (χ0n) is 29.5. The number of carbonyl (C=O) groups is 6. The molecule has 0 aromatic rings. The molecule has 19 nitrogen and oxygen atoms in total. The molecule has 2 aliphatic heterocycles. The van der Waals surface area contributed by atoms with Crippen molar-refractivity contribution >= 4 is 42.7 Å². The smallest absolute Gasteiger partial charge is 0.475 e. The number of nitrogens with zero attached hydrogens (tertiary/aromatic N) is 5. The first-order valence-electron chi connectivity index (χ1n) is 17.8. The maximum Gasteiger partial charge on any atom is 0.475 e. The van der Waals surface area contributed by atoms with E-state index in [-0.39, 0.29) is 83.0 Å². The van der Waals surface area contributed by atoms with Gasteiger partial charge in [-0.05, 0) is 32.1 Å². The van der Waals surface area contributed by atoms with Gasteiger partial charge in [0.15, 0.2) is 0 Å². The van der Waals surface area contributed by atoms with Gasteiger partial charge in [0, 0.05) is 78.4 Å². The van der Waals surface area contributed by atoms with Gasteiger partial charge in [0.05, 0.1) is 38.2 Å². The van der Waals surface area contributed by atoms with Crippen LogP contribution >= 0.6 is 0 Å². The average Bonchev–Trinajstić information content (AvgIpc) is 3.55. The molecular weight excluding hydrogens is 671 g/mol. The van der Waals surface area contributed by atoms with E-state index in [4.69, 9.17) is 5.73 Å². The van der Waals surface area contributed by atoms with Gasteiger partial charge in [0.2, 0.25) is 17.7 Å². The highest BCUT2D eigenvalue weighted by molar-refractivity contribution is 6.43. The first kappa shape index (κ1) is 43.8. The molecule has 2 aliphatic rings. The zero-order valence-corrected chi connectivity index (χ0v) is 29.5. The van der Waals surface area contributed by atoms with Crippen LogP contribution in [0.3, 0.4) is 0 Å². The van der Waals surface area contributed by atoms with Crippen molar-refractivity contribution in [1.82, 2.24) is 35.1 Å². The van der Waals surface area contributed by atoms with Crippen molar-refractivity contribution in [3.63, 3.8) is 0 Å². The van der Waals surface area contributed by atoms with Crippen LogP contribution in [0.2, 0.25) is 0 Å². The van der Waals surface area contributed by atoms with E-state index in [1.165, 1.54) is 4.90 Å². The number of aliphatic carboxylic acids is 3. The SMILES string of the molecule is N[C@@H](CCCCCNC(=O)CCCNC(=O)CN1CCN(CC(=O)O)CCN(CC(=O)O)CCN(CC(=O)O)CC1)C(=O)N1CCC[C@H]1B(O)O. The molecule has 20 heteroatoms. The van der Waals surface area contributed by atoms with Crippen molar-refractivity contribution in [2.24, 2.45) is 5.73 Å². The number of amides is 3. The van der Waals surface area contributed by atoms with E-state index in [1.54, 1.807) is 14.7 Å². The van der Waals surface area contributed by atoms with Crippen LogP contribution in [0.25, 0.3) is 0 Å². The fourth-order valence-corrected chi connectivity index (χ4v) is 6.22. The summed E-state index contributed by atoms with van der Waals surface area (Å²) in [5.74, 6) is -4.41. The molecule has 0 spiro atoms. The highest BCUT2D eigenvalue weighted by Crippen LogP contribution is 2.19. The van der Waals surface area contributed by atoms with Crippen LogP contribution in [-0.4, -0.2) is 203 Å². The third-order valence-corrected chi connectivity index (χ3v) is 9.03. The summed E-state index contributed by atoms with van der Waals surface area (Å²) in [6, 6.07) is -0.710. The Labute approximate surface area is 299 Å². The summed E-state index contributed by atoms with van der Waals surface area (Å²) in [5, 5.41) is 52.6. The predicted octanol–water partition coefficient (Wildman–Crippen LogP) is -3.63. The lowest BCUT2D eigenvalue weighted by Crippen LogP contribution is -2.51. The fraction of sp³-hybridized carbons (Fsp3) is 0.806. The lowest BCUT2D eigenvalue weighted by atomic mass is 9.77. The van der Waals surface area contributed by atoms with Crippen molar-refractivity contribution in [3.05, 3.63) is 0 Å². The van der Waals surface area contributed by atoms with Gasteiger partial charge in [-0.3, -0.25) is 48.4 Å². The van der Waals surface area contributed by atoms with Crippen molar-refractivity contribution in [2.75, 3.05) is 98.2 Å². The second kappa shape index (κ2) is 24.0. The number of nitrogens with two attached hydrogens (primary N) is 1. The Morgan fingerprint density at radius 1 is 0.627 bits per heavy atom. The van der Waals surface area contributed by atoms with Gasteiger partial charge in [-0.25, -0.2) is 0 Å². The summed E-state index contributed by atoms with van der Waals surface area (Å²) in [5.41, 5.74) is 6.04. The van der Waals surface area contributed by atoms with Crippen molar-refractivity contribution in [3.8, 4) is 0 Å². The van der Waals surface area contributed by atoms with E-state index < -0.39 is 37.0 Å². The predicted molar refractivity (Wildman–Crippen MR) is 185 cm³/mol. The number of rotatable bonds is 20. The lowest BCUT2D eigenvalue weighted by molar-refractivity contribution is -0.140. The van der Waals surface area contributed by atoms with Crippen LogP contribution < -0.4 is 16.4 Å². The average molecular weight is 729 g/mol. The third-order valence-electron chi connectivity index (χ3n) is 9.03. The third kappa shape index (κ3) is 18.6. The Hall–Kier alpha value is -3.40. The molecule has 0 radical (unpaired) electrons. The molecule has 290 valence electrons. The van der Waals surface area contributed by atoms with E-state index in [0.29, 0.717) is 77.8 Å². The maximum absolute atomic E-state index is 12.8. The first-order chi connectivity index (χ1) is 24.2. The minimum absolute atomic E-state index is 0.00356. The van der Waals surface area contributed by atoms with Gasteiger partial charge in [-0.2, -0.15) is 0 Å². The molecule has 0 aromatic carbocycles. The molecule has 3 amide bonds. The molecule has 2 fully saturated rings. The molecule has 51 heavy (non-hydrogen) atoms. The summed E-state index contributed by atoms with van der Waals surface area (Å²) >= 11 is 0. The molecule has 2 rings (SSSR count). The van der Waals surface area contributed by atoms with Gasteiger partial charge >= 0.3 is 25.0 Å². The van der Waals surface area contributed by atoms with Gasteiger partial charge in [-0.15, -0.1) is 0 Å². The molecule has 0 unspecified atom stereocenters. The lowest BCUT2D eigenvalue weighted by Gasteiger charge is -2.32. The fourth-order valence-electron chi connectivity index (χ4n) is 6.22. The summed E-state index contributed by atoms with van der Waals surface area (Å²) < 4.78 is 0. The number of likely N-dealkylation sites (tertiary alicyclic amines) is 1. The quantitative estimate of drug-likeness (QED) is 0.0444. The van der Waals surface area contributed by atoms with E-state index in [9.17, 15) is 54.1 Å². The van der Waals surface area contributed by atoms with Crippen molar-refractivity contribution < 1.29 is 54.1 Å². The Balaban J connectivity index is 1.71. The molecule has 0 bridgehead atoms. The van der Waals surface area contributed by atoms with E-state index >= 15 is 0 Å². The normalized spacial score (nSPS) is 19.4. The summed E-state index contributed by atoms with van der Waals surface area (Å²) in [4.78, 5) is 80.2. The van der Waals surface area contributed by atoms with Crippen LogP contribution in [0.5, 0.6) is 0 Å². The largest absolute Gasteiger partial charge is 0.480 e.